The third kappa shape index (κ3) is 2.02. The third-order valence-electron chi connectivity index (χ3n) is 4.14. The molecule has 0 radical (unpaired) electrons. The lowest BCUT2D eigenvalue weighted by molar-refractivity contribution is 0.0410. The fourth-order valence-corrected chi connectivity index (χ4v) is 5.56. The van der Waals surface area contributed by atoms with Gasteiger partial charge in [0.15, 0.2) is 0 Å². The Bertz CT molecular complexity index is 624. The predicted octanol–water partition coefficient (Wildman–Crippen LogP) is 4.05. The minimum Gasteiger partial charge on any atom is -0.368 e. The summed E-state index contributed by atoms with van der Waals surface area (Å²) < 4.78 is 7.76. The number of fused-ring (bicyclic) bond motifs is 5. The summed E-state index contributed by atoms with van der Waals surface area (Å²) in [6.07, 6.45) is 1.66. The third-order valence-corrected chi connectivity index (χ3v) is 6.41. The highest BCUT2D eigenvalue weighted by Gasteiger charge is 2.41. The number of hydrogen-bond acceptors (Lipinski definition) is 4. The van der Waals surface area contributed by atoms with Gasteiger partial charge in [-0.05, 0) is 36.5 Å². The number of nitrogens with one attached hydrogen (secondary N) is 1. The second-order valence-electron chi connectivity index (χ2n) is 5.38. The van der Waals surface area contributed by atoms with Gasteiger partial charge in [-0.15, -0.1) is 11.3 Å². The van der Waals surface area contributed by atoms with Crippen LogP contribution in [0.1, 0.15) is 29.6 Å². The molecule has 104 valence electrons. The molecule has 2 nitrogen and oxygen atoms in total. The van der Waals surface area contributed by atoms with Gasteiger partial charge in [0.2, 0.25) is 0 Å². The molecule has 1 fully saturated rings. The summed E-state index contributed by atoms with van der Waals surface area (Å²) in [4.78, 5) is 1.40. The van der Waals surface area contributed by atoms with E-state index in [4.69, 9.17) is 4.74 Å². The zero-order valence-corrected chi connectivity index (χ0v) is 13.0. The van der Waals surface area contributed by atoms with Crippen molar-refractivity contribution < 1.29 is 4.74 Å². The maximum atomic E-state index is 6.36. The van der Waals surface area contributed by atoms with Gasteiger partial charge in [-0.3, -0.25) is 0 Å². The van der Waals surface area contributed by atoms with E-state index in [0.29, 0.717) is 12.0 Å². The summed E-state index contributed by atoms with van der Waals surface area (Å²) in [5.41, 5.74) is 2.85. The molecule has 0 spiro atoms. The first-order valence-electron chi connectivity index (χ1n) is 7.01. The van der Waals surface area contributed by atoms with Gasteiger partial charge in [-0.25, -0.2) is 0 Å². The maximum absolute atomic E-state index is 6.36. The Labute approximate surface area is 127 Å². The number of rotatable bonds is 2. The molecule has 2 aliphatic heterocycles. The van der Waals surface area contributed by atoms with E-state index in [0.717, 1.165) is 13.0 Å². The molecule has 4 rings (SSSR count). The van der Waals surface area contributed by atoms with Crippen LogP contribution in [0.4, 0.5) is 0 Å². The molecule has 4 heteroatoms. The molecule has 2 aromatic rings. The summed E-state index contributed by atoms with van der Waals surface area (Å²) in [5.74, 6) is 0.493. The van der Waals surface area contributed by atoms with Gasteiger partial charge >= 0.3 is 0 Å². The van der Waals surface area contributed by atoms with Crippen molar-refractivity contribution in [1.82, 2.24) is 5.32 Å². The summed E-state index contributed by atoms with van der Waals surface area (Å²) in [7, 11) is 2.00. The molecule has 0 aliphatic carbocycles. The molecule has 2 aliphatic rings. The highest BCUT2D eigenvalue weighted by Crippen LogP contribution is 2.54. The van der Waals surface area contributed by atoms with E-state index >= 15 is 0 Å². The lowest BCUT2D eigenvalue weighted by Gasteiger charge is -2.17. The second-order valence-corrected chi connectivity index (χ2v) is 7.61. The number of likely N-dealkylation sites (N-methyl/N-ethyl adjacent to an activating group) is 1. The number of ether oxygens (including phenoxy) is 1. The van der Waals surface area contributed by atoms with Crippen LogP contribution in [0.25, 0.3) is 0 Å². The van der Waals surface area contributed by atoms with Crippen LogP contribution < -0.4 is 5.32 Å². The van der Waals surface area contributed by atoms with Crippen LogP contribution >= 0.6 is 23.1 Å². The summed E-state index contributed by atoms with van der Waals surface area (Å²) in [6.45, 7) is 0.932. The van der Waals surface area contributed by atoms with E-state index in [-0.39, 0.29) is 6.10 Å². The normalized spacial score (nSPS) is 27.6. The predicted molar refractivity (Wildman–Crippen MR) is 83.8 cm³/mol. The lowest BCUT2D eigenvalue weighted by atomic mass is 9.88. The fourth-order valence-electron chi connectivity index (χ4n) is 3.28. The Kier molecular flexibility index (Phi) is 3.34. The quantitative estimate of drug-likeness (QED) is 0.904. The van der Waals surface area contributed by atoms with Crippen molar-refractivity contribution in [3.63, 3.8) is 0 Å². The Morgan fingerprint density at radius 2 is 2.15 bits per heavy atom. The highest BCUT2D eigenvalue weighted by atomic mass is 32.2. The Balaban J connectivity index is 1.80. The first-order valence-corrected chi connectivity index (χ1v) is 8.70. The molecule has 1 aromatic carbocycles. The Hall–Kier alpha value is -0.810. The minimum atomic E-state index is 0.228. The van der Waals surface area contributed by atoms with Crippen LogP contribution in [0.15, 0.2) is 44.8 Å². The highest BCUT2D eigenvalue weighted by molar-refractivity contribution is 8.01. The van der Waals surface area contributed by atoms with E-state index < -0.39 is 0 Å². The first-order chi connectivity index (χ1) is 9.86. The van der Waals surface area contributed by atoms with Gasteiger partial charge in [0.25, 0.3) is 0 Å². The average molecular weight is 303 g/mol. The van der Waals surface area contributed by atoms with Crippen LogP contribution in [0.3, 0.4) is 0 Å². The van der Waals surface area contributed by atoms with Gasteiger partial charge in [-0.1, -0.05) is 30.0 Å². The van der Waals surface area contributed by atoms with Crippen molar-refractivity contribution in [1.29, 1.82) is 0 Å². The molecule has 0 amide bonds. The summed E-state index contributed by atoms with van der Waals surface area (Å²) >= 11 is 3.74. The lowest BCUT2D eigenvalue weighted by Crippen LogP contribution is -2.22. The monoisotopic (exact) mass is 303 g/mol. The van der Waals surface area contributed by atoms with E-state index in [1.165, 1.54) is 20.2 Å². The van der Waals surface area contributed by atoms with Gasteiger partial charge in [0, 0.05) is 22.9 Å². The van der Waals surface area contributed by atoms with Crippen molar-refractivity contribution in [2.45, 2.75) is 33.7 Å². The van der Waals surface area contributed by atoms with Crippen LogP contribution in [0.2, 0.25) is 0 Å². The van der Waals surface area contributed by atoms with Crippen molar-refractivity contribution in [3.8, 4) is 0 Å². The molecule has 3 heterocycles. The molecule has 3 atom stereocenters. The average Bonchev–Trinajstić information content (AvgIpc) is 3.04. The molecule has 0 bridgehead atoms. The van der Waals surface area contributed by atoms with Crippen molar-refractivity contribution >= 4 is 23.1 Å². The zero-order chi connectivity index (χ0) is 13.5. The summed E-state index contributed by atoms with van der Waals surface area (Å²) in [6, 6.07) is 11.1. The topological polar surface area (TPSA) is 21.3 Å². The summed E-state index contributed by atoms with van der Waals surface area (Å²) in [5, 5.41) is 5.44. The SMILES string of the molecule is CNCC1CC2c3ccccc3Sc3sccc3C2O1. The number of hydrogen-bond donors (Lipinski definition) is 1. The van der Waals surface area contributed by atoms with Crippen LogP contribution in [0.5, 0.6) is 0 Å². The Morgan fingerprint density at radius 3 is 3.05 bits per heavy atom. The maximum Gasteiger partial charge on any atom is 0.0918 e. The van der Waals surface area contributed by atoms with Crippen molar-refractivity contribution in [3.05, 3.63) is 46.8 Å². The standard InChI is InChI=1S/C16H17NOS2/c1-17-9-10-8-13-11-4-2-3-5-14(11)20-16-12(6-7-19-16)15(13)18-10/h2-7,10,13,15,17H,8-9H2,1H3. The van der Waals surface area contributed by atoms with E-state index in [1.54, 1.807) is 0 Å². The largest absolute Gasteiger partial charge is 0.368 e. The minimum absolute atomic E-state index is 0.228. The van der Waals surface area contributed by atoms with Crippen molar-refractivity contribution in [2.75, 3.05) is 13.6 Å². The zero-order valence-electron chi connectivity index (χ0n) is 11.3. The van der Waals surface area contributed by atoms with Crippen LogP contribution in [0, 0.1) is 0 Å². The number of thiophene rings is 1. The van der Waals surface area contributed by atoms with Crippen molar-refractivity contribution in [2.24, 2.45) is 0 Å². The molecule has 1 N–H and O–H groups in total. The van der Waals surface area contributed by atoms with E-state index in [1.807, 2.05) is 30.1 Å². The fraction of sp³-hybridized carbons (Fsp3) is 0.375. The van der Waals surface area contributed by atoms with E-state index in [2.05, 4.69) is 41.0 Å². The van der Waals surface area contributed by atoms with E-state index in [9.17, 15) is 0 Å². The molecule has 1 aromatic heterocycles. The Morgan fingerprint density at radius 1 is 1.25 bits per heavy atom. The number of benzene rings is 1. The molecule has 1 saturated heterocycles. The molecular formula is C16H17NOS2. The first kappa shape index (κ1) is 12.9. The van der Waals surface area contributed by atoms with Gasteiger partial charge < -0.3 is 10.1 Å². The van der Waals surface area contributed by atoms with Crippen LogP contribution in [-0.2, 0) is 4.74 Å². The molecule has 3 unspecified atom stereocenters. The molecular weight excluding hydrogens is 286 g/mol. The van der Waals surface area contributed by atoms with Gasteiger partial charge in [0.1, 0.15) is 0 Å². The van der Waals surface area contributed by atoms with Crippen LogP contribution in [-0.4, -0.2) is 19.7 Å². The smallest absolute Gasteiger partial charge is 0.0918 e. The second kappa shape index (κ2) is 5.19. The van der Waals surface area contributed by atoms with Gasteiger partial charge in [-0.2, -0.15) is 0 Å². The molecule has 0 saturated carbocycles. The molecule has 20 heavy (non-hydrogen) atoms. The van der Waals surface area contributed by atoms with Gasteiger partial charge in [0.05, 0.1) is 16.4 Å².